The van der Waals surface area contributed by atoms with Crippen molar-refractivity contribution in [3.05, 3.63) is 0 Å². The van der Waals surface area contributed by atoms with E-state index in [2.05, 4.69) is 38.6 Å². The van der Waals surface area contributed by atoms with Gasteiger partial charge in [0.05, 0.1) is 0 Å². The first-order valence-electron chi connectivity index (χ1n) is 8.46. The van der Waals surface area contributed by atoms with Gasteiger partial charge in [0.25, 0.3) is 0 Å². The van der Waals surface area contributed by atoms with Gasteiger partial charge in [-0.1, -0.05) is 0 Å². The number of hydrogen-bond donors (Lipinski definition) is 0. The van der Waals surface area contributed by atoms with Crippen molar-refractivity contribution in [2.45, 2.75) is 66.4 Å². The molecule has 0 aromatic rings. The predicted molar refractivity (Wildman–Crippen MR) is 77.3 cm³/mol. The molecule has 106 valence electrons. The molecule has 0 N–H and O–H groups in total. The molecule has 0 aliphatic carbocycles. The van der Waals surface area contributed by atoms with Gasteiger partial charge in [-0.2, -0.15) is 0 Å². The van der Waals surface area contributed by atoms with Crippen LogP contribution in [0.2, 0.25) is 66.4 Å². The van der Waals surface area contributed by atoms with Gasteiger partial charge in [-0.05, 0) is 0 Å². The first-order chi connectivity index (χ1) is 8.60. The fourth-order valence-electron chi connectivity index (χ4n) is 20.0. The van der Waals surface area contributed by atoms with Gasteiger partial charge in [-0.25, -0.2) is 0 Å². The molecular formula is C16H25FeNSi. The molecule has 0 amide bonds. The molecule has 10 heterocycles. The first-order valence-corrected chi connectivity index (χ1v) is 18.2. The number of nitrogens with zero attached hydrogens (tertiary/aromatic N) is 1. The number of fused-ring (bicyclic) bond motifs is 10. The van der Waals surface area contributed by atoms with Crippen LogP contribution in [0, 0.1) is 0 Å². The second-order valence-electron chi connectivity index (χ2n) is 13.4. The van der Waals surface area contributed by atoms with Crippen molar-refractivity contribution < 1.29 is 6.51 Å². The van der Waals surface area contributed by atoms with E-state index in [9.17, 15) is 0 Å². The normalized spacial score (nSPS) is 113. The Balaban J connectivity index is 1.56. The molecule has 10 saturated heterocycles. The molecule has 1 spiro atoms. The van der Waals surface area contributed by atoms with Crippen molar-refractivity contribution in [2.75, 3.05) is 20.6 Å². The number of hydrogen-bond acceptors (Lipinski definition) is 1. The summed E-state index contributed by atoms with van der Waals surface area (Å²) in [4.78, 5) is 14.5. The zero-order valence-electron chi connectivity index (χ0n) is 12.6. The maximum absolute atomic E-state index is 2.98. The average Bonchev–Trinajstić information content (AvgIpc) is 3.21. The van der Waals surface area contributed by atoms with E-state index >= 15 is 0 Å². The third-order valence-corrected chi connectivity index (χ3v) is 69.5. The average molecular weight is 315 g/mol. The molecule has 8 unspecified atom stereocenters. The van der Waals surface area contributed by atoms with Crippen LogP contribution in [-0.2, 0) is 6.51 Å². The SMILES string of the molecule is CN(C)C[C]12[CH]3[CH]4[CH]5[CH]1[Fe]45321678[CH]2[CH]1[CH]6[C]7([Si](C)(C)C)[CH]28. The van der Waals surface area contributed by atoms with Gasteiger partial charge in [0.2, 0.25) is 0 Å². The van der Waals surface area contributed by atoms with Crippen molar-refractivity contribution in [2.24, 2.45) is 0 Å². The zero-order chi connectivity index (χ0) is 12.7. The van der Waals surface area contributed by atoms with Crippen LogP contribution in [0.1, 0.15) is 0 Å². The molecule has 0 bridgehead atoms. The Morgan fingerprint density at radius 1 is 0.895 bits per heavy atom. The van der Waals surface area contributed by atoms with Crippen LogP contribution in [-0.4, -0.2) is 33.6 Å². The monoisotopic (exact) mass is 315 g/mol. The fraction of sp³-hybridized carbons (Fsp3) is 1.00. The molecule has 1 nitrogen and oxygen atoms in total. The minimum absolute atomic E-state index is 0.918. The summed E-state index contributed by atoms with van der Waals surface area (Å²) in [6.07, 6.45) is 0. The predicted octanol–water partition coefficient (Wildman–Crippen LogP) is 4.55. The Hall–Kier alpha value is 0.696. The summed E-state index contributed by atoms with van der Waals surface area (Å²) in [7, 11) is 3.85. The molecule has 10 aliphatic rings. The van der Waals surface area contributed by atoms with Crippen LogP contribution in [0.3, 0.4) is 0 Å². The van der Waals surface area contributed by atoms with Gasteiger partial charge in [0.15, 0.2) is 0 Å². The first kappa shape index (κ1) is 8.36. The van der Waals surface area contributed by atoms with E-state index in [-0.39, 0.29) is 0 Å². The molecule has 0 aromatic carbocycles. The Morgan fingerprint density at radius 3 is 1.63 bits per heavy atom. The summed E-state index contributed by atoms with van der Waals surface area (Å²) in [6, 6.07) is 0. The van der Waals surface area contributed by atoms with Crippen molar-refractivity contribution in [3.8, 4) is 0 Å². The van der Waals surface area contributed by atoms with Crippen LogP contribution >= 0.6 is 0 Å². The van der Waals surface area contributed by atoms with E-state index in [0.29, 0.717) is 0 Å². The summed E-state index contributed by atoms with van der Waals surface area (Å²) in [6.45, 7) is 7.00. The summed E-state index contributed by atoms with van der Waals surface area (Å²) in [5, 5.41) is 0. The second kappa shape index (κ2) is 0.696. The molecule has 10 aliphatic heterocycles. The van der Waals surface area contributed by atoms with Gasteiger partial charge in [0.1, 0.15) is 0 Å². The molecular weight excluding hydrogens is 290 g/mol. The standard InChI is InChI=1S/C8H12N.C8H13Si.Fe/c1-9(2)7-8-5-3-4-6-8;1-9(2,3)8-6-4-5-7-8;/h3-6H,7H2,1-2H3;4-7H,1-3H3;. The van der Waals surface area contributed by atoms with E-state index < -0.39 is 14.6 Å². The van der Waals surface area contributed by atoms with Gasteiger partial charge in [-0.3, -0.25) is 0 Å². The molecule has 0 aromatic heterocycles. The second-order valence-corrected chi connectivity index (χ2v) is 42.5. The molecule has 10 rings (SSSR count). The van der Waals surface area contributed by atoms with E-state index in [1.807, 2.05) is 0 Å². The topological polar surface area (TPSA) is 3.24 Å². The molecule has 8 atom stereocenters. The van der Waals surface area contributed by atoms with Gasteiger partial charge in [0, 0.05) is 0 Å². The van der Waals surface area contributed by atoms with Crippen LogP contribution in [0.4, 0.5) is 0 Å². The van der Waals surface area contributed by atoms with Crippen molar-refractivity contribution in [1.29, 1.82) is 0 Å². The van der Waals surface area contributed by atoms with Crippen molar-refractivity contribution in [1.82, 2.24) is 4.90 Å². The van der Waals surface area contributed by atoms with Crippen LogP contribution in [0.15, 0.2) is 0 Å². The Labute approximate surface area is 106 Å². The fourth-order valence-corrected chi connectivity index (χ4v) is 124. The zero-order valence-corrected chi connectivity index (χ0v) is 14.7. The third-order valence-electron chi connectivity index (χ3n) is 16.8. The van der Waals surface area contributed by atoms with E-state index in [0.717, 1.165) is 4.31 Å². The van der Waals surface area contributed by atoms with E-state index in [1.54, 1.807) is 6.54 Å². The van der Waals surface area contributed by atoms with Crippen LogP contribution in [0.25, 0.3) is 0 Å². The molecule has 19 heavy (non-hydrogen) atoms. The molecule has 10 fully saturated rings. The van der Waals surface area contributed by atoms with Crippen LogP contribution in [0.5, 0.6) is 0 Å². The van der Waals surface area contributed by atoms with Crippen molar-refractivity contribution in [3.63, 3.8) is 0 Å². The maximum atomic E-state index is 2.80. The summed E-state index contributed by atoms with van der Waals surface area (Å²) >= 11 is 0. The van der Waals surface area contributed by atoms with E-state index in [4.69, 9.17) is 0 Å². The summed E-state index contributed by atoms with van der Waals surface area (Å²) < 4.78 is 2.29. The van der Waals surface area contributed by atoms with Crippen molar-refractivity contribution >= 4 is 8.07 Å². The quantitative estimate of drug-likeness (QED) is 0.690. The Kier molecular flexibility index (Phi) is 0.306. The van der Waals surface area contributed by atoms with E-state index in [1.165, 1.54) is 42.5 Å². The molecule has 0 radical (unpaired) electrons. The van der Waals surface area contributed by atoms with Gasteiger partial charge >= 0.3 is 107 Å². The summed E-state index contributed by atoms with van der Waals surface area (Å²) in [5.41, 5.74) is 0. The Bertz CT molecular complexity index is 1060. The Morgan fingerprint density at radius 2 is 1.37 bits per heavy atom. The van der Waals surface area contributed by atoms with Crippen LogP contribution < -0.4 is 0 Å². The summed E-state index contributed by atoms with van der Waals surface area (Å²) in [5.74, 6) is 0. The molecule has 3 heteroatoms. The van der Waals surface area contributed by atoms with Gasteiger partial charge < -0.3 is 0 Å². The third kappa shape index (κ3) is 0.0900. The van der Waals surface area contributed by atoms with Gasteiger partial charge in [-0.15, -0.1) is 0 Å². The minimum atomic E-state index is -2.98. The molecule has 0 saturated carbocycles. The number of rotatable bonds is 3.